The number of hydrogen-bond donors (Lipinski definition) is 1. The summed E-state index contributed by atoms with van der Waals surface area (Å²) < 4.78 is 0. The van der Waals surface area contributed by atoms with Gasteiger partial charge in [0.1, 0.15) is 5.84 Å². The summed E-state index contributed by atoms with van der Waals surface area (Å²) in [7, 11) is 0. The Morgan fingerprint density at radius 2 is 2.67 bits per heavy atom. The maximum absolute atomic E-state index is 5.43. The Bertz CT molecular complexity index is 139. The zero-order valence-corrected chi connectivity index (χ0v) is 5.38. The van der Waals surface area contributed by atoms with Crippen LogP contribution >= 0.6 is 0 Å². The van der Waals surface area contributed by atoms with Crippen LogP contribution in [0.15, 0.2) is 17.8 Å². The summed E-state index contributed by atoms with van der Waals surface area (Å²) in [5.41, 5.74) is 5.43. The first-order valence-corrected chi connectivity index (χ1v) is 3.01. The molecule has 0 atom stereocenters. The van der Waals surface area contributed by atoms with E-state index >= 15 is 0 Å². The van der Waals surface area contributed by atoms with Crippen molar-refractivity contribution in [2.45, 2.75) is 6.42 Å². The molecular weight excluding hydrogens is 114 g/mol. The molecule has 0 saturated heterocycles. The van der Waals surface area contributed by atoms with Gasteiger partial charge in [0.2, 0.25) is 0 Å². The Morgan fingerprint density at radius 3 is 3.11 bits per heavy atom. The van der Waals surface area contributed by atoms with Crippen LogP contribution in [0.4, 0.5) is 0 Å². The van der Waals surface area contributed by atoms with Gasteiger partial charge in [-0.15, -0.1) is 6.58 Å². The van der Waals surface area contributed by atoms with Gasteiger partial charge in [-0.3, -0.25) is 5.01 Å². The highest BCUT2D eigenvalue weighted by atomic mass is 15.5. The molecule has 50 valence electrons. The van der Waals surface area contributed by atoms with Crippen LogP contribution in [0.2, 0.25) is 0 Å². The summed E-state index contributed by atoms with van der Waals surface area (Å²) in [6, 6.07) is 0. The highest BCUT2D eigenvalue weighted by molar-refractivity contribution is 5.81. The highest BCUT2D eigenvalue weighted by Gasteiger charge is 2.08. The van der Waals surface area contributed by atoms with Gasteiger partial charge >= 0.3 is 0 Å². The standard InChI is InChI=1S/C6H11N3/c1-2-4-9-5-3-6(7)8-9/h2H,1,3-5H2,(H2,7,8). The third-order valence-corrected chi connectivity index (χ3v) is 1.24. The molecule has 0 aromatic heterocycles. The lowest BCUT2D eigenvalue weighted by atomic mass is 10.4. The summed E-state index contributed by atoms with van der Waals surface area (Å²) in [6.45, 7) is 5.35. The van der Waals surface area contributed by atoms with Crippen molar-refractivity contribution in [1.29, 1.82) is 0 Å². The van der Waals surface area contributed by atoms with E-state index in [9.17, 15) is 0 Å². The molecule has 1 aliphatic heterocycles. The van der Waals surface area contributed by atoms with Gasteiger partial charge in [0.05, 0.1) is 6.54 Å². The number of nitrogens with two attached hydrogens (primary N) is 1. The zero-order chi connectivity index (χ0) is 6.69. The normalized spacial score (nSPS) is 17.8. The number of hydrazone groups is 1. The molecule has 0 aromatic rings. The van der Waals surface area contributed by atoms with Gasteiger partial charge < -0.3 is 5.73 Å². The van der Waals surface area contributed by atoms with Crippen LogP contribution in [0.25, 0.3) is 0 Å². The van der Waals surface area contributed by atoms with Crippen molar-refractivity contribution in [3.05, 3.63) is 12.7 Å². The molecule has 9 heavy (non-hydrogen) atoms. The molecule has 0 saturated carbocycles. The maximum atomic E-state index is 5.43. The van der Waals surface area contributed by atoms with E-state index < -0.39 is 0 Å². The average Bonchev–Trinajstić information content (AvgIpc) is 2.17. The molecule has 1 aliphatic rings. The molecule has 0 aromatic carbocycles. The largest absolute Gasteiger partial charge is 0.386 e. The third kappa shape index (κ3) is 1.45. The van der Waals surface area contributed by atoms with Crippen molar-refractivity contribution in [1.82, 2.24) is 5.01 Å². The minimum atomic E-state index is 0.733. The Kier molecular flexibility index (Phi) is 1.72. The highest BCUT2D eigenvalue weighted by Crippen LogP contribution is 2.00. The third-order valence-electron chi connectivity index (χ3n) is 1.24. The minimum absolute atomic E-state index is 0.733. The average molecular weight is 125 g/mol. The van der Waals surface area contributed by atoms with E-state index in [4.69, 9.17) is 5.73 Å². The van der Waals surface area contributed by atoms with Crippen LogP contribution in [0, 0.1) is 0 Å². The van der Waals surface area contributed by atoms with Crippen LogP contribution in [0.3, 0.4) is 0 Å². The molecule has 0 radical (unpaired) electrons. The fourth-order valence-corrected chi connectivity index (χ4v) is 0.806. The minimum Gasteiger partial charge on any atom is -0.386 e. The number of rotatable bonds is 2. The van der Waals surface area contributed by atoms with Gasteiger partial charge in [0.25, 0.3) is 0 Å². The topological polar surface area (TPSA) is 41.6 Å². The summed E-state index contributed by atoms with van der Waals surface area (Å²) in [5, 5.41) is 5.94. The van der Waals surface area contributed by atoms with Gasteiger partial charge in [0.15, 0.2) is 0 Å². The van der Waals surface area contributed by atoms with Gasteiger partial charge in [-0.25, -0.2) is 0 Å². The van der Waals surface area contributed by atoms with Crippen molar-refractivity contribution >= 4 is 5.84 Å². The van der Waals surface area contributed by atoms with E-state index in [-0.39, 0.29) is 0 Å². The molecule has 0 aliphatic carbocycles. The molecule has 1 rings (SSSR count). The second kappa shape index (κ2) is 2.53. The van der Waals surface area contributed by atoms with Crippen LogP contribution in [-0.2, 0) is 0 Å². The van der Waals surface area contributed by atoms with Crippen molar-refractivity contribution in [3.8, 4) is 0 Å². The van der Waals surface area contributed by atoms with Crippen molar-refractivity contribution in [2.24, 2.45) is 10.8 Å². The number of hydrogen-bond acceptors (Lipinski definition) is 3. The van der Waals surface area contributed by atoms with E-state index in [1.54, 1.807) is 0 Å². The van der Waals surface area contributed by atoms with Gasteiger partial charge in [-0.05, 0) is 0 Å². The Balaban J connectivity index is 2.37. The van der Waals surface area contributed by atoms with Crippen molar-refractivity contribution in [2.75, 3.05) is 13.1 Å². The Hall–Kier alpha value is -0.990. The molecule has 2 N–H and O–H groups in total. The smallest absolute Gasteiger partial charge is 0.121 e. The molecule has 0 unspecified atom stereocenters. The second-order valence-electron chi connectivity index (χ2n) is 2.04. The maximum Gasteiger partial charge on any atom is 0.121 e. The number of nitrogens with zero attached hydrogens (tertiary/aromatic N) is 2. The Labute approximate surface area is 54.8 Å². The van der Waals surface area contributed by atoms with Crippen molar-refractivity contribution < 1.29 is 0 Å². The SMILES string of the molecule is C=CCN1CCC(N)=N1. The molecular formula is C6H11N3. The fourth-order valence-electron chi connectivity index (χ4n) is 0.806. The molecule has 0 amide bonds. The first-order valence-electron chi connectivity index (χ1n) is 3.01. The lowest BCUT2D eigenvalue weighted by Gasteiger charge is -2.07. The molecule has 3 nitrogen and oxygen atoms in total. The predicted octanol–water partition coefficient (Wildman–Crippen LogP) is 0.150. The van der Waals surface area contributed by atoms with Gasteiger partial charge in [-0.2, -0.15) is 5.10 Å². The molecule has 1 heterocycles. The predicted molar refractivity (Wildman–Crippen MR) is 38.0 cm³/mol. The molecule has 0 spiro atoms. The van der Waals surface area contributed by atoms with Crippen LogP contribution in [0.5, 0.6) is 0 Å². The molecule has 3 heteroatoms. The van der Waals surface area contributed by atoms with Crippen molar-refractivity contribution in [3.63, 3.8) is 0 Å². The monoisotopic (exact) mass is 125 g/mol. The summed E-state index contributed by atoms with van der Waals surface area (Å²) >= 11 is 0. The van der Waals surface area contributed by atoms with E-state index in [1.807, 2.05) is 11.1 Å². The van der Waals surface area contributed by atoms with Gasteiger partial charge in [-0.1, -0.05) is 6.08 Å². The second-order valence-corrected chi connectivity index (χ2v) is 2.04. The van der Waals surface area contributed by atoms with Gasteiger partial charge in [0, 0.05) is 13.0 Å². The van der Waals surface area contributed by atoms with Crippen LogP contribution < -0.4 is 5.73 Å². The molecule has 0 bridgehead atoms. The first-order chi connectivity index (χ1) is 4.33. The fraction of sp³-hybridized carbons (Fsp3) is 0.500. The summed E-state index contributed by atoms with van der Waals surface area (Å²) in [6.07, 6.45) is 2.72. The Morgan fingerprint density at radius 1 is 1.89 bits per heavy atom. The van der Waals surface area contributed by atoms with Crippen LogP contribution in [-0.4, -0.2) is 23.9 Å². The van der Waals surface area contributed by atoms with Crippen LogP contribution in [0.1, 0.15) is 6.42 Å². The quantitative estimate of drug-likeness (QED) is 0.534. The van der Waals surface area contributed by atoms with E-state index in [0.29, 0.717) is 0 Å². The zero-order valence-electron chi connectivity index (χ0n) is 5.38. The lowest BCUT2D eigenvalue weighted by Crippen LogP contribution is -2.12. The van der Waals surface area contributed by atoms with E-state index in [2.05, 4.69) is 11.7 Å². The summed E-state index contributed by atoms with van der Waals surface area (Å²) in [5.74, 6) is 0.733. The van der Waals surface area contributed by atoms with E-state index in [0.717, 1.165) is 25.3 Å². The number of amidine groups is 1. The first kappa shape index (κ1) is 6.13. The summed E-state index contributed by atoms with van der Waals surface area (Å²) in [4.78, 5) is 0. The lowest BCUT2D eigenvalue weighted by molar-refractivity contribution is 0.354. The van der Waals surface area contributed by atoms with E-state index in [1.165, 1.54) is 0 Å². The molecule has 0 fully saturated rings.